The number of ether oxygens (including phenoxy) is 2. The third kappa shape index (κ3) is 5.61. The number of hydrogen-bond donors (Lipinski definition) is 1. The fourth-order valence-electron chi connectivity index (χ4n) is 2.26. The van der Waals surface area contributed by atoms with Crippen molar-refractivity contribution >= 4 is 11.6 Å². The average Bonchev–Trinajstić information content (AvgIpc) is 2.57. The summed E-state index contributed by atoms with van der Waals surface area (Å²) in [5, 5.41) is 2.86. The highest BCUT2D eigenvalue weighted by Gasteiger charge is 2.06. The minimum Gasteiger partial charge on any atom is -0.494 e. The molecule has 0 spiro atoms. The third-order valence-electron chi connectivity index (χ3n) is 3.62. The molecule has 2 aromatic rings. The molecule has 0 heterocycles. The Morgan fingerprint density at radius 1 is 1.00 bits per heavy atom. The maximum absolute atomic E-state index is 12.0. The molecule has 4 heteroatoms. The van der Waals surface area contributed by atoms with E-state index in [4.69, 9.17) is 9.47 Å². The van der Waals surface area contributed by atoms with E-state index in [2.05, 4.69) is 12.2 Å². The largest absolute Gasteiger partial charge is 0.494 e. The molecule has 0 atom stereocenters. The maximum atomic E-state index is 12.0. The summed E-state index contributed by atoms with van der Waals surface area (Å²) in [5.74, 6) is 1.29. The van der Waals surface area contributed by atoms with Crippen LogP contribution in [0.15, 0.2) is 42.5 Å². The predicted molar refractivity (Wildman–Crippen MR) is 96.9 cm³/mol. The van der Waals surface area contributed by atoms with Crippen molar-refractivity contribution in [3.8, 4) is 11.5 Å². The van der Waals surface area contributed by atoms with Gasteiger partial charge in [0, 0.05) is 5.69 Å². The Morgan fingerprint density at radius 3 is 2.29 bits per heavy atom. The number of anilines is 1. The number of benzene rings is 2. The van der Waals surface area contributed by atoms with Gasteiger partial charge in [-0.2, -0.15) is 0 Å². The van der Waals surface area contributed by atoms with E-state index in [1.54, 1.807) is 0 Å². The fourth-order valence-corrected chi connectivity index (χ4v) is 2.26. The van der Waals surface area contributed by atoms with Gasteiger partial charge in [-0.15, -0.1) is 0 Å². The molecule has 0 saturated heterocycles. The number of unbranched alkanes of at least 4 members (excludes halogenated alkanes) is 1. The first-order valence-corrected chi connectivity index (χ1v) is 8.31. The zero-order valence-electron chi connectivity index (χ0n) is 14.6. The summed E-state index contributed by atoms with van der Waals surface area (Å²) in [6, 6.07) is 13.2. The number of carbonyl (C=O) groups excluding carboxylic acids is 1. The number of aryl methyl sites for hydroxylation is 2. The molecule has 0 aliphatic heterocycles. The van der Waals surface area contributed by atoms with E-state index in [-0.39, 0.29) is 12.5 Å². The Balaban J connectivity index is 1.81. The third-order valence-corrected chi connectivity index (χ3v) is 3.62. The summed E-state index contributed by atoms with van der Waals surface area (Å²) in [7, 11) is 0. The van der Waals surface area contributed by atoms with Gasteiger partial charge in [-0.05, 0) is 56.2 Å². The molecule has 0 saturated carbocycles. The molecule has 0 radical (unpaired) electrons. The van der Waals surface area contributed by atoms with Gasteiger partial charge < -0.3 is 14.8 Å². The van der Waals surface area contributed by atoms with Gasteiger partial charge in [-0.25, -0.2) is 0 Å². The van der Waals surface area contributed by atoms with Crippen LogP contribution in [0, 0.1) is 13.8 Å². The molecule has 1 N–H and O–H groups in total. The topological polar surface area (TPSA) is 47.6 Å². The number of rotatable bonds is 8. The average molecular weight is 327 g/mol. The molecule has 0 bridgehead atoms. The Kier molecular flexibility index (Phi) is 6.67. The van der Waals surface area contributed by atoms with Crippen LogP contribution in [0.25, 0.3) is 0 Å². The second kappa shape index (κ2) is 8.96. The van der Waals surface area contributed by atoms with Gasteiger partial charge in [-0.1, -0.05) is 31.0 Å². The summed E-state index contributed by atoms with van der Waals surface area (Å²) in [4.78, 5) is 12.0. The summed E-state index contributed by atoms with van der Waals surface area (Å²) in [6.07, 6.45) is 2.15. The summed E-state index contributed by atoms with van der Waals surface area (Å²) >= 11 is 0. The highest BCUT2D eigenvalue weighted by molar-refractivity contribution is 5.92. The monoisotopic (exact) mass is 327 g/mol. The Hall–Kier alpha value is -2.49. The van der Waals surface area contributed by atoms with Crippen molar-refractivity contribution in [1.82, 2.24) is 0 Å². The van der Waals surface area contributed by atoms with E-state index >= 15 is 0 Å². The minimum atomic E-state index is -0.176. The molecule has 0 aromatic heterocycles. The zero-order valence-corrected chi connectivity index (χ0v) is 14.6. The van der Waals surface area contributed by atoms with Gasteiger partial charge in [-0.3, -0.25) is 4.79 Å². The van der Waals surface area contributed by atoms with Crippen molar-refractivity contribution < 1.29 is 14.3 Å². The molecule has 2 aromatic carbocycles. The van der Waals surface area contributed by atoms with Crippen LogP contribution in [0.4, 0.5) is 5.69 Å². The summed E-state index contributed by atoms with van der Waals surface area (Å²) < 4.78 is 11.1. The van der Waals surface area contributed by atoms with Crippen LogP contribution < -0.4 is 14.8 Å². The van der Waals surface area contributed by atoms with E-state index < -0.39 is 0 Å². The number of carbonyl (C=O) groups is 1. The molecule has 0 fully saturated rings. The first-order chi connectivity index (χ1) is 11.6. The summed E-state index contributed by atoms with van der Waals surface area (Å²) in [5.41, 5.74) is 3.02. The Labute approximate surface area is 143 Å². The molecule has 1 amide bonds. The van der Waals surface area contributed by atoms with Gasteiger partial charge in [0.05, 0.1) is 6.61 Å². The van der Waals surface area contributed by atoms with Crippen LogP contribution in [0.5, 0.6) is 11.5 Å². The first kappa shape index (κ1) is 17.9. The molecule has 0 aliphatic rings. The van der Waals surface area contributed by atoms with E-state index in [0.29, 0.717) is 5.75 Å². The van der Waals surface area contributed by atoms with E-state index in [1.165, 1.54) is 5.56 Å². The second-order valence-electron chi connectivity index (χ2n) is 5.83. The molecular formula is C20H25NO3. The normalized spacial score (nSPS) is 10.3. The van der Waals surface area contributed by atoms with Crippen LogP contribution >= 0.6 is 0 Å². The Morgan fingerprint density at radius 2 is 1.67 bits per heavy atom. The lowest BCUT2D eigenvalue weighted by Gasteiger charge is -2.11. The maximum Gasteiger partial charge on any atom is 0.262 e. The standard InChI is InChI=1S/C20H25NO3/c1-4-5-12-23-17-7-9-18(10-8-17)24-14-20(22)21-19-11-6-15(2)13-16(19)3/h6-11,13H,4-5,12,14H2,1-3H3,(H,21,22). The van der Waals surface area contributed by atoms with Gasteiger partial charge in [0.2, 0.25) is 0 Å². The lowest BCUT2D eigenvalue weighted by Crippen LogP contribution is -2.20. The van der Waals surface area contributed by atoms with Gasteiger partial charge in [0.15, 0.2) is 6.61 Å². The van der Waals surface area contributed by atoms with Gasteiger partial charge in [0.1, 0.15) is 11.5 Å². The predicted octanol–water partition coefficient (Wildman–Crippen LogP) is 4.50. The fraction of sp³-hybridized carbons (Fsp3) is 0.350. The summed E-state index contributed by atoms with van der Waals surface area (Å²) in [6.45, 7) is 6.82. The molecule has 4 nitrogen and oxygen atoms in total. The van der Waals surface area contributed by atoms with Crippen molar-refractivity contribution in [3.63, 3.8) is 0 Å². The number of hydrogen-bond acceptors (Lipinski definition) is 3. The number of amides is 1. The van der Waals surface area contributed by atoms with Gasteiger partial charge >= 0.3 is 0 Å². The lowest BCUT2D eigenvalue weighted by molar-refractivity contribution is -0.118. The van der Waals surface area contributed by atoms with Crippen molar-refractivity contribution in [2.75, 3.05) is 18.5 Å². The Bertz CT molecular complexity index is 665. The van der Waals surface area contributed by atoms with Crippen LogP contribution in [0.2, 0.25) is 0 Å². The lowest BCUT2D eigenvalue weighted by atomic mass is 10.1. The van der Waals surface area contributed by atoms with Crippen molar-refractivity contribution in [3.05, 3.63) is 53.6 Å². The first-order valence-electron chi connectivity index (χ1n) is 8.31. The smallest absolute Gasteiger partial charge is 0.262 e. The SMILES string of the molecule is CCCCOc1ccc(OCC(=O)Nc2ccc(C)cc2C)cc1. The molecule has 24 heavy (non-hydrogen) atoms. The van der Waals surface area contributed by atoms with Crippen LogP contribution in [0.3, 0.4) is 0 Å². The van der Waals surface area contributed by atoms with Crippen LogP contribution in [0.1, 0.15) is 30.9 Å². The quantitative estimate of drug-likeness (QED) is 0.726. The highest BCUT2D eigenvalue weighted by Crippen LogP contribution is 2.19. The van der Waals surface area contributed by atoms with Crippen molar-refractivity contribution in [2.45, 2.75) is 33.6 Å². The zero-order chi connectivity index (χ0) is 17.4. The molecule has 2 rings (SSSR count). The van der Waals surface area contributed by atoms with Crippen LogP contribution in [-0.2, 0) is 4.79 Å². The van der Waals surface area contributed by atoms with E-state index in [9.17, 15) is 4.79 Å². The molecular weight excluding hydrogens is 302 g/mol. The van der Waals surface area contributed by atoms with Crippen molar-refractivity contribution in [2.24, 2.45) is 0 Å². The van der Waals surface area contributed by atoms with Gasteiger partial charge in [0.25, 0.3) is 5.91 Å². The molecule has 0 aliphatic carbocycles. The van der Waals surface area contributed by atoms with E-state index in [1.807, 2.05) is 56.3 Å². The molecule has 0 unspecified atom stereocenters. The van der Waals surface area contributed by atoms with E-state index in [0.717, 1.165) is 36.4 Å². The highest BCUT2D eigenvalue weighted by atomic mass is 16.5. The molecule has 128 valence electrons. The van der Waals surface area contributed by atoms with Crippen LogP contribution in [-0.4, -0.2) is 19.1 Å². The minimum absolute atomic E-state index is 0.0244. The second-order valence-corrected chi connectivity index (χ2v) is 5.83. The number of nitrogens with one attached hydrogen (secondary N) is 1. The van der Waals surface area contributed by atoms with Crippen molar-refractivity contribution in [1.29, 1.82) is 0 Å².